The summed E-state index contributed by atoms with van der Waals surface area (Å²) in [5.74, 6) is 0.475. The van der Waals surface area contributed by atoms with Gasteiger partial charge in [-0.05, 0) is 31.6 Å². The summed E-state index contributed by atoms with van der Waals surface area (Å²) in [6.07, 6.45) is 6.59. The van der Waals surface area contributed by atoms with Crippen molar-refractivity contribution < 1.29 is 4.74 Å². The lowest BCUT2D eigenvalue weighted by molar-refractivity contribution is -0.0932. The van der Waals surface area contributed by atoms with E-state index in [9.17, 15) is 0 Å². The molecule has 1 aromatic rings. The highest BCUT2D eigenvalue weighted by molar-refractivity contribution is 5.20. The molecule has 1 aliphatic heterocycles. The highest BCUT2D eigenvalue weighted by atomic mass is 16.5. The van der Waals surface area contributed by atoms with Crippen LogP contribution in [0.25, 0.3) is 0 Å². The van der Waals surface area contributed by atoms with Crippen LogP contribution in [0.15, 0.2) is 6.20 Å². The number of ether oxygens (including phenoxy) is 1. The number of nitrogens with one attached hydrogen (secondary N) is 1. The minimum atomic E-state index is 0.0890. The van der Waals surface area contributed by atoms with Crippen LogP contribution < -0.4 is 5.32 Å². The van der Waals surface area contributed by atoms with Crippen LogP contribution in [-0.2, 0) is 18.3 Å². The molecular formula is C17H31N3O. The molecule has 21 heavy (non-hydrogen) atoms. The predicted molar refractivity (Wildman–Crippen MR) is 86.4 cm³/mol. The van der Waals surface area contributed by atoms with Gasteiger partial charge in [0, 0.05) is 38.0 Å². The number of nitrogens with zero attached hydrogens (tertiary/aromatic N) is 2. The van der Waals surface area contributed by atoms with Crippen molar-refractivity contribution in [3.63, 3.8) is 0 Å². The first kappa shape index (κ1) is 16.5. The monoisotopic (exact) mass is 293 g/mol. The van der Waals surface area contributed by atoms with Gasteiger partial charge in [0.05, 0.1) is 11.3 Å². The number of aryl methyl sites for hydroxylation is 1. The predicted octanol–water partition coefficient (Wildman–Crippen LogP) is 3.37. The van der Waals surface area contributed by atoms with Crippen molar-refractivity contribution in [1.82, 2.24) is 15.1 Å². The molecule has 0 spiro atoms. The van der Waals surface area contributed by atoms with Gasteiger partial charge in [0.2, 0.25) is 0 Å². The molecule has 4 nitrogen and oxygen atoms in total. The molecule has 2 heterocycles. The molecule has 1 saturated heterocycles. The molecule has 1 unspecified atom stereocenters. The smallest absolute Gasteiger partial charge is 0.0694 e. The summed E-state index contributed by atoms with van der Waals surface area (Å²) in [7, 11) is 2.00. The molecule has 2 rings (SSSR count). The van der Waals surface area contributed by atoms with E-state index in [0.717, 1.165) is 38.8 Å². The van der Waals surface area contributed by atoms with Gasteiger partial charge in [-0.25, -0.2) is 0 Å². The molecular weight excluding hydrogens is 262 g/mol. The Morgan fingerprint density at radius 3 is 2.76 bits per heavy atom. The van der Waals surface area contributed by atoms with Crippen LogP contribution in [0.2, 0.25) is 0 Å². The molecule has 0 radical (unpaired) electrons. The summed E-state index contributed by atoms with van der Waals surface area (Å²) in [4.78, 5) is 0. The standard InChI is InChI=1S/C17H31N3O/c1-6-17(7-2)10-15(8-9-21-17)18-11-14-12-20(5)19-16(14)13(3)4/h12-13,15,18H,6-11H2,1-5H3. The van der Waals surface area contributed by atoms with E-state index in [4.69, 9.17) is 4.74 Å². The van der Waals surface area contributed by atoms with Crippen molar-refractivity contribution in [2.75, 3.05) is 6.61 Å². The normalized spacial score (nSPS) is 21.9. The van der Waals surface area contributed by atoms with E-state index in [0.29, 0.717) is 12.0 Å². The third-order valence-corrected chi connectivity index (χ3v) is 4.85. The van der Waals surface area contributed by atoms with Crippen molar-refractivity contribution in [1.29, 1.82) is 0 Å². The van der Waals surface area contributed by atoms with Crippen LogP contribution in [0.1, 0.15) is 70.6 Å². The Balaban J connectivity index is 1.97. The van der Waals surface area contributed by atoms with E-state index in [1.165, 1.54) is 11.3 Å². The number of rotatable bonds is 6. The molecule has 4 heteroatoms. The van der Waals surface area contributed by atoms with Crippen LogP contribution in [0.3, 0.4) is 0 Å². The first-order chi connectivity index (χ1) is 9.99. The van der Waals surface area contributed by atoms with E-state index in [-0.39, 0.29) is 5.60 Å². The third kappa shape index (κ3) is 3.86. The molecule has 0 aromatic carbocycles. The molecule has 0 amide bonds. The first-order valence-electron chi connectivity index (χ1n) is 8.39. The zero-order chi connectivity index (χ0) is 15.5. The topological polar surface area (TPSA) is 39.1 Å². The molecule has 0 aliphatic carbocycles. The Bertz CT molecular complexity index is 449. The van der Waals surface area contributed by atoms with E-state index in [1.54, 1.807) is 0 Å². The Kier molecular flexibility index (Phi) is 5.44. The van der Waals surface area contributed by atoms with Gasteiger partial charge >= 0.3 is 0 Å². The molecule has 1 atom stereocenters. The Hall–Kier alpha value is -0.870. The lowest BCUT2D eigenvalue weighted by Crippen LogP contribution is -2.46. The van der Waals surface area contributed by atoms with Gasteiger partial charge in [-0.3, -0.25) is 4.68 Å². The number of hydrogen-bond donors (Lipinski definition) is 1. The zero-order valence-electron chi connectivity index (χ0n) is 14.3. The molecule has 1 fully saturated rings. The highest BCUT2D eigenvalue weighted by Crippen LogP contribution is 2.31. The lowest BCUT2D eigenvalue weighted by atomic mass is 9.86. The lowest BCUT2D eigenvalue weighted by Gasteiger charge is -2.40. The third-order valence-electron chi connectivity index (χ3n) is 4.85. The average Bonchev–Trinajstić information content (AvgIpc) is 2.86. The van der Waals surface area contributed by atoms with Crippen molar-refractivity contribution in [3.05, 3.63) is 17.5 Å². The quantitative estimate of drug-likeness (QED) is 0.874. The molecule has 0 saturated carbocycles. The minimum absolute atomic E-state index is 0.0890. The Labute approximate surface area is 129 Å². The van der Waals surface area contributed by atoms with Gasteiger partial charge in [-0.15, -0.1) is 0 Å². The van der Waals surface area contributed by atoms with Gasteiger partial charge in [0.1, 0.15) is 0 Å². The fraction of sp³-hybridized carbons (Fsp3) is 0.824. The van der Waals surface area contributed by atoms with Gasteiger partial charge in [-0.2, -0.15) is 5.10 Å². The van der Waals surface area contributed by atoms with E-state index in [2.05, 4.69) is 44.3 Å². The second-order valence-electron chi connectivity index (χ2n) is 6.68. The van der Waals surface area contributed by atoms with Crippen LogP contribution >= 0.6 is 0 Å². The Morgan fingerprint density at radius 2 is 2.14 bits per heavy atom. The summed E-state index contributed by atoms with van der Waals surface area (Å²) < 4.78 is 7.99. The molecule has 1 aliphatic rings. The second-order valence-corrected chi connectivity index (χ2v) is 6.68. The maximum Gasteiger partial charge on any atom is 0.0694 e. The fourth-order valence-electron chi connectivity index (χ4n) is 3.38. The van der Waals surface area contributed by atoms with Crippen molar-refractivity contribution in [2.24, 2.45) is 7.05 Å². The second kappa shape index (κ2) is 6.93. The van der Waals surface area contributed by atoms with Crippen LogP contribution in [-0.4, -0.2) is 28.0 Å². The van der Waals surface area contributed by atoms with Gasteiger partial charge in [0.25, 0.3) is 0 Å². The van der Waals surface area contributed by atoms with Gasteiger partial charge in [-0.1, -0.05) is 27.7 Å². The van der Waals surface area contributed by atoms with Gasteiger partial charge < -0.3 is 10.1 Å². The molecule has 120 valence electrons. The number of hydrogen-bond acceptors (Lipinski definition) is 3. The SMILES string of the molecule is CCC1(CC)CC(NCc2cn(C)nc2C(C)C)CCO1. The maximum atomic E-state index is 6.06. The van der Waals surface area contributed by atoms with Crippen LogP contribution in [0.5, 0.6) is 0 Å². The largest absolute Gasteiger partial charge is 0.375 e. The molecule has 1 aromatic heterocycles. The first-order valence-corrected chi connectivity index (χ1v) is 8.39. The van der Waals surface area contributed by atoms with Crippen molar-refractivity contribution in [3.8, 4) is 0 Å². The van der Waals surface area contributed by atoms with Gasteiger partial charge in [0.15, 0.2) is 0 Å². The van der Waals surface area contributed by atoms with E-state index >= 15 is 0 Å². The molecule has 1 N–H and O–H groups in total. The Morgan fingerprint density at radius 1 is 1.43 bits per heavy atom. The summed E-state index contributed by atoms with van der Waals surface area (Å²) in [6.45, 7) is 10.7. The van der Waals surface area contributed by atoms with Crippen molar-refractivity contribution in [2.45, 2.75) is 77.5 Å². The number of aromatic nitrogens is 2. The van der Waals surface area contributed by atoms with E-state index < -0.39 is 0 Å². The van der Waals surface area contributed by atoms with Crippen LogP contribution in [0, 0.1) is 0 Å². The molecule has 0 bridgehead atoms. The highest BCUT2D eigenvalue weighted by Gasteiger charge is 2.34. The minimum Gasteiger partial charge on any atom is -0.375 e. The summed E-state index contributed by atoms with van der Waals surface area (Å²) in [6, 6.07) is 0.555. The average molecular weight is 293 g/mol. The van der Waals surface area contributed by atoms with Crippen molar-refractivity contribution >= 4 is 0 Å². The summed E-state index contributed by atoms with van der Waals surface area (Å²) in [5.41, 5.74) is 2.64. The summed E-state index contributed by atoms with van der Waals surface area (Å²) >= 11 is 0. The zero-order valence-corrected chi connectivity index (χ0v) is 14.3. The summed E-state index contributed by atoms with van der Waals surface area (Å²) in [5, 5.41) is 8.32. The fourth-order valence-corrected chi connectivity index (χ4v) is 3.38. The maximum absolute atomic E-state index is 6.06. The van der Waals surface area contributed by atoms with Crippen LogP contribution in [0.4, 0.5) is 0 Å². The van der Waals surface area contributed by atoms with E-state index in [1.807, 2.05) is 11.7 Å².